The van der Waals surface area contributed by atoms with Crippen LogP contribution in [0.15, 0.2) is 78.4 Å². The zero-order valence-electron chi connectivity index (χ0n) is 20.2. The van der Waals surface area contributed by atoms with Crippen molar-refractivity contribution in [2.24, 2.45) is 5.41 Å². The van der Waals surface area contributed by atoms with Gasteiger partial charge in [-0.1, -0.05) is 56.3 Å². The number of H-pyrrole nitrogens is 1. The van der Waals surface area contributed by atoms with Crippen LogP contribution in [-0.4, -0.2) is 34.7 Å². The van der Waals surface area contributed by atoms with Crippen LogP contribution in [0.25, 0.3) is 0 Å². The zero-order valence-corrected chi connectivity index (χ0v) is 20.2. The summed E-state index contributed by atoms with van der Waals surface area (Å²) >= 11 is 0. The van der Waals surface area contributed by atoms with Crippen molar-refractivity contribution in [1.82, 2.24) is 15.3 Å². The molecule has 0 saturated heterocycles. The lowest BCUT2D eigenvalue weighted by Gasteiger charge is -2.37. The molecule has 2 aliphatic rings. The Labute approximate surface area is 205 Å². The zero-order chi connectivity index (χ0) is 24.4. The molecule has 2 heterocycles. The number of carbonyl (C=O) groups is 2. The highest BCUT2D eigenvalue weighted by molar-refractivity contribution is 6.01. The van der Waals surface area contributed by atoms with Gasteiger partial charge in [0.1, 0.15) is 0 Å². The smallest absolute Gasteiger partial charge is 0.239 e. The van der Waals surface area contributed by atoms with Crippen molar-refractivity contribution in [2.45, 2.75) is 39.2 Å². The number of nitrogens with one attached hydrogen (secondary N) is 3. The molecule has 7 nitrogen and oxygen atoms in total. The van der Waals surface area contributed by atoms with Gasteiger partial charge in [0, 0.05) is 42.5 Å². The van der Waals surface area contributed by atoms with Crippen LogP contribution in [-0.2, 0) is 16.0 Å². The number of Topliss-reactive ketones (excluding diaryl/α,β-unsaturated/α-hetero) is 1. The number of aromatic amines is 1. The summed E-state index contributed by atoms with van der Waals surface area (Å²) in [6.45, 7) is 4.91. The van der Waals surface area contributed by atoms with Gasteiger partial charge in [-0.15, -0.1) is 0 Å². The second-order valence-corrected chi connectivity index (χ2v) is 10.1. The number of para-hydroxylation sites is 2. The Balaban J connectivity index is 1.53. The molecule has 0 spiro atoms. The fourth-order valence-electron chi connectivity index (χ4n) is 5.18. The number of benzene rings is 2. The van der Waals surface area contributed by atoms with Crippen LogP contribution in [0.1, 0.15) is 44.0 Å². The van der Waals surface area contributed by atoms with Gasteiger partial charge in [-0.25, -0.2) is 4.98 Å². The minimum Gasteiger partial charge on any atom is -0.357 e. The summed E-state index contributed by atoms with van der Waals surface area (Å²) in [6.07, 6.45) is 5.33. The fraction of sp³-hybridized carbons (Fsp3) is 0.321. The maximum absolute atomic E-state index is 13.6. The van der Waals surface area contributed by atoms with Gasteiger partial charge < -0.3 is 20.5 Å². The predicted molar refractivity (Wildman–Crippen MR) is 137 cm³/mol. The van der Waals surface area contributed by atoms with Crippen LogP contribution in [0.3, 0.4) is 0 Å². The van der Waals surface area contributed by atoms with Crippen molar-refractivity contribution in [2.75, 3.05) is 23.3 Å². The normalized spacial score (nSPS) is 18.9. The van der Waals surface area contributed by atoms with Gasteiger partial charge in [-0.05, 0) is 29.5 Å². The first kappa shape index (κ1) is 22.9. The number of aromatic nitrogens is 2. The molecule has 1 amide bonds. The van der Waals surface area contributed by atoms with E-state index in [1.54, 1.807) is 12.5 Å². The molecule has 180 valence electrons. The van der Waals surface area contributed by atoms with Gasteiger partial charge in [0.2, 0.25) is 5.91 Å². The van der Waals surface area contributed by atoms with E-state index >= 15 is 0 Å². The van der Waals surface area contributed by atoms with E-state index in [4.69, 9.17) is 0 Å². The van der Waals surface area contributed by atoms with Gasteiger partial charge >= 0.3 is 0 Å². The maximum Gasteiger partial charge on any atom is 0.239 e. The van der Waals surface area contributed by atoms with Gasteiger partial charge in [0.05, 0.1) is 30.3 Å². The number of carbonyl (C=O) groups excluding carboxylic acids is 2. The summed E-state index contributed by atoms with van der Waals surface area (Å²) in [4.78, 5) is 36.0. The van der Waals surface area contributed by atoms with Crippen LogP contribution >= 0.6 is 0 Å². The van der Waals surface area contributed by atoms with Crippen molar-refractivity contribution >= 4 is 23.1 Å². The van der Waals surface area contributed by atoms with Crippen molar-refractivity contribution in [1.29, 1.82) is 0 Å². The Morgan fingerprint density at radius 2 is 1.89 bits per heavy atom. The molecular weight excluding hydrogens is 438 g/mol. The van der Waals surface area contributed by atoms with Crippen LogP contribution in [0, 0.1) is 5.41 Å². The lowest BCUT2D eigenvalue weighted by Crippen LogP contribution is -2.42. The summed E-state index contributed by atoms with van der Waals surface area (Å²) in [5.41, 5.74) is 5.38. The van der Waals surface area contributed by atoms with E-state index in [9.17, 15) is 9.59 Å². The fourth-order valence-corrected chi connectivity index (χ4v) is 5.18. The van der Waals surface area contributed by atoms with Crippen molar-refractivity contribution < 1.29 is 9.59 Å². The molecule has 1 aliphatic carbocycles. The highest BCUT2D eigenvalue weighted by atomic mass is 16.2. The molecular formula is C28H31N5O2. The van der Waals surface area contributed by atoms with Crippen LogP contribution in [0.2, 0.25) is 0 Å². The van der Waals surface area contributed by atoms with Crippen LogP contribution < -0.4 is 15.5 Å². The van der Waals surface area contributed by atoms with E-state index in [2.05, 4.69) is 39.3 Å². The number of hydrogen-bond donors (Lipinski definition) is 3. The monoisotopic (exact) mass is 469 g/mol. The standard InChI is InChI=1S/C28H31N5O2/c1-28(2)14-22-26(24(34)15-28)27(19-8-4-3-5-9-19)33(23-11-7-6-10-21(23)32-22)17-25(35)30-13-12-20-16-29-18-31-20/h3-11,16,18,27,32H,12-15,17H2,1-2H3,(H,29,31)(H,30,35)/t27-/m0/s1. The van der Waals surface area contributed by atoms with Gasteiger partial charge in [-0.2, -0.15) is 0 Å². The highest BCUT2D eigenvalue weighted by Crippen LogP contribution is 2.48. The second-order valence-electron chi connectivity index (χ2n) is 10.1. The van der Waals surface area contributed by atoms with E-state index in [0.717, 1.165) is 40.3 Å². The molecule has 0 radical (unpaired) electrons. The quantitative estimate of drug-likeness (QED) is 0.498. The summed E-state index contributed by atoms with van der Waals surface area (Å²) in [6, 6.07) is 17.7. The molecule has 1 aromatic heterocycles. The van der Waals surface area contributed by atoms with Crippen LogP contribution in [0.4, 0.5) is 11.4 Å². The molecule has 3 N–H and O–H groups in total. The third-order valence-electron chi connectivity index (χ3n) is 6.70. The number of nitrogens with zero attached hydrogens (tertiary/aromatic N) is 2. The molecule has 7 heteroatoms. The molecule has 0 unspecified atom stereocenters. The molecule has 1 aliphatic heterocycles. The number of imidazole rings is 1. The van der Waals surface area contributed by atoms with Crippen LogP contribution in [0.5, 0.6) is 0 Å². The Morgan fingerprint density at radius 3 is 2.66 bits per heavy atom. The number of rotatable bonds is 6. The summed E-state index contributed by atoms with van der Waals surface area (Å²) < 4.78 is 0. The third-order valence-corrected chi connectivity index (χ3v) is 6.70. The third kappa shape index (κ3) is 4.85. The van der Waals surface area contributed by atoms with Crippen molar-refractivity contribution in [3.63, 3.8) is 0 Å². The summed E-state index contributed by atoms with van der Waals surface area (Å²) in [7, 11) is 0. The molecule has 0 saturated carbocycles. The molecule has 35 heavy (non-hydrogen) atoms. The molecule has 3 aromatic rings. The summed E-state index contributed by atoms with van der Waals surface area (Å²) in [5.74, 6) is 0.0444. The average Bonchev–Trinajstić information content (AvgIpc) is 3.30. The number of allylic oxidation sites excluding steroid dienone is 1. The molecule has 0 fully saturated rings. The largest absolute Gasteiger partial charge is 0.357 e. The van der Waals surface area contributed by atoms with Crippen molar-refractivity contribution in [3.05, 3.63) is 89.6 Å². The lowest BCUT2D eigenvalue weighted by molar-refractivity contribution is -0.120. The van der Waals surface area contributed by atoms with Gasteiger partial charge in [0.15, 0.2) is 5.78 Å². The highest BCUT2D eigenvalue weighted by Gasteiger charge is 2.41. The molecule has 0 bridgehead atoms. The van der Waals surface area contributed by atoms with E-state index < -0.39 is 0 Å². The van der Waals surface area contributed by atoms with E-state index in [-0.39, 0.29) is 29.7 Å². The Morgan fingerprint density at radius 1 is 1.11 bits per heavy atom. The predicted octanol–water partition coefficient (Wildman–Crippen LogP) is 4.39. The van der Waals surface area contributed by atoms with E-state index in [0.29, 0.717) is 19.4 Å². The Kier molecular flexibility index (Phi) is 6.16. The van der Waals surface area contributed by atoms with E-state index in [1.807, 2.05) is 54.6 Å². The van der Waals surface area contributed by atoms with E-state index in [1.165, 1.54) is 0 Å². The average molecular weight is 470 g/mol. The second kappa shape index (κ2) is 9.41. The van der Waals surface area contributed by atoms with Crippen molar-refractivity contribution in [3.8, 4) is 0 Å². The SMILES string of the molecule is CC1(C)CC(=O)C2=C(C1)Nc1ccccc1N(CC(=O)NCCc1cnc[nH]1)[C@H]2c1ccccc1. The number of ketones is 1. The Bertz CT molecular complexity index is 1250. The lowest BCUT2D eigenvalue weighted by atomic mass is 9.73. The summed E-state index contributed by atoms with van der Waals surface area (Å²) in [5, 5.41) is 6.62. The minimum absolute atomic E-state index is 0.0899. The first-order valence-corrected chi connectivity index (χ1v) is 12.1. The first-order chi connectivity index (χ1) is 16.9. The first-order valence-electron chi connectivity index (χ1n) is 12.1. The number of fused-ring (bicyclic) bond motifs is 1. The van der Waals surface area contributed by atoms with Gasteiger partial charge in [0.25, 0.3) is 0 Å². The van der Waals surface area contributed by atoms with Gasteiger partial charge in [-0.3, -0.25) is 9.59 Å². The number of hydrogen-bond acceptors (Lipinski definition) is 5. The molecule has 2 aromatic carbocycles. The Hall–Kier alpha value is -3.87. The minimum atomic E-state index is -0.357. The number of amides is 1. The maximum atomic E-state index is 13.6. The number of anilines is 2. The molecule has 5 rings (SSSR count). The molecule has 1 atom stereocenters. The topological polar surface area (TPSA) is 90.1 Å².